The standard InChI is InChI=1S/C16H21N3O3.C3H7NO.C2H6/c1-8(2)10-6-11(14(21)7-12(10)17)16(18)19-9-3-4-13(20)15(22)5-9;1-3(5)2-4;1-2/h3-8,16,19-22H,17-18H2,1-2H3;2,4H2,1H3;1-2H3. The molecule has 0 fully saturated rings. The molecule has 2 aromatic carbocycles. The number of hydrogen-bond acceptors (Lipinski definition) is 8. The Morgan fingerprint density at radius 3 is 2.00 bits per heavy atom. The summed E-state index contributed by atoms with van der Waals surface area (Å²) in [5.74, 6) is -0.225. The number of nitrogens with two attached hydrogens (primary N) is 3. The third kappa shape index (κ3) is 8.28. The van der Waals surface area contributed by atoms with Crippen LogP contribution in [-0.2, 0) is 4.79 Å². The van der Waals surface area contributed by atoms with Gasteiger partial charge < -0.3 is 37.8 Å². The third-order valence-corrected chi connectivity index (χ3v) is 3.77. The van der Waals surface area contributed by atoms with Gasteiger partial charge in [-0.3, -0.25) is 4.79 Å². The topological polar surface area (TPSA) is 168 Å². The van der Waals surface area contributed by atoms with Gasteiger partial charge in [0.25, 0.3) is 0 Å². The summed E-state index contributed by atoms with van der Waals surface area (Å²) in [6.07, 6.45) is -0.693. The zero-order valence-electron chi connectivity index (χ0n) is 17.7. The zero-order chi connectivity index (χ0) is 22.7. The lowest BCUT2D eigenvalue weighted by atomic mass is 9.97. The van der Waals surface area contributed by atoms with Crippen LogP contribution >= 0.6 is 0 Å². The van der Waals surface area contributed by atoms with Crippen molar-refractivity contribution in [3.05, 3.63) is 41.5 Å². The molecule has 162 valence electrons. The molecule has 10 N–H and O–H groups in total. The minimum atomic E-state index is -0.693. The first-order chi connectivity index (χ1) is 13.6. The van der Waals surface area contributed by atoms with E-state index in [1.165, 1.54) is 25.1 Å². The minimum Gasteiger partial charge on any atom is -0.507 e. The fourth-order valence-corrected chi connectivity index (χ4v) is 2.26. The van der Waals surface area contributed by atoms with Crippen molar-refractivity contribution >= 4 is 17.2 Å². The van der Waals surface area contributed by atoms with Gasteiger partial charge in [0.1, 0.15) is 17.7 Å². The van der Waals surface area contributed by atoms with Crippen molar-refractivity contribution in [3.63, 3.8) is 0 Å². The summed E-state index contributed by atoms with van der Waals surface area (Å²) < 4.78 is 0. The number of benzene rings is 2. The Kier molecular flexibility index (Phi) is 11.2. The van der Waals surface area contributed by atoms with E-state index >= 15 is 0 Å². The molecule has 0 aliphatic heterocycles. The number of aromatic hydroxyl groups is 3. The van der Waals surface area contributed by atoms with Crippen LogP contribution in [0, 0.1) is 0 Å². The van der Waals surface area contributed by atoms with Crippen molar-refractivity contribution < 1.29 is 20.1 Å². The highest BCUT2D eigenvalue weighted by molar-refractivity contribution is 5.77. The number of anilines is 2. The van der Waals surface area contributed by atoms with Gasteiger partial charge in [0.15, 0.2) is 11.5 Å². The minimum absolute atomic E-state index is 0.00454. The quantitative estimate of drug-likeness (QED) is 0.172. The summed E-state index contributed by atoms with van der Waals surface area (Å²) in [7, 11) is 0. The first-order valence-electron chi connectivity index (χ1n) is 9.42. The Morgan fingerprint density at radius 1 is 1.00 bits per heavy atom. The number of nitrogen functional groups attached to an aromatic ring is 1. The molecule has 2 aromatic rings. The second-order valence-corrected chi connectivity index (χ2v) is 6.43. The smallest absolute Gasteiger partial charge is 0.159 e. The van der Waals surface area contributed by atoms with Crippen LogP contribution in [0.3, 0.4) is 0 Å². The van der Waals surface area contributed by atoms with Gasteiger partial charge in [-0.25, -0.2) is 0 Å². The number of ketones is 1. The molecule has 8 nitrogen and oxygen atoms in total. The molecule has 0 amide bonds. The molecule has 0 aromatic heterocycles. The highest BCUT2D eigenvalue weighted by Crippen LogP contribution is 2.34. The van der Waals surface area contributed by atoms with E-state index in [1.54, 1.807) is 12.1 Å². The number of carbonyl (C=O) groups is 1. The summed E-state index contributed by atoms with van der Waals surface area (Å²) in [4.78, 5) is 9.69. The lowest BCUT2D eigenvalue weighted by Gasteiger charge is -2.20. The van der Waals surface area contributed by atoms with Gasteiger partial charge >= 0.3 is 0 Å². The van der Waals surface area contributed by atoms with Crippen LogP contribution in [0.1, 0.15) is 57.8 Å². The summed E-state index contributed by atoms with van der Waals surface area (Å²) in [6.45, 7) is 9.63. The third-order valence-electron chi connectivity index (χ3n) is 3.77. The maximum Gasteiger partial charge on any atom is 0.159 e. The van der Waals surface area contributed by atoms with Crippen LogP contribution in [0.15, 0.2) is 30.3 Å². The highest BCUT2D eigenvalue weighted by atomic mass is 16.3. The molecule has 0 spiro atoms. The number of carbonyl (C=O) groups excluding carboxylic acids is 1. The monoisotopic (exact) mass is 406 g/mol. The average Bonchev–Trinajstić information content (AvgIpc) is 2.66. The van der Waals surface area contributed by atoms with E-state index in [9.17, 15) is 20.1 Å². The number of phenolic OH excluding ortho intramolecular Hbond substituents is 3. The van der Waals surface area contributed by atoms with Crippen LogP contribution in [-0.4, -0.2) is 27.6 Å². The number of nitrogens with one attached hydrogen (secondary N) is 1. The Bertz CT molecular complexity index is 794. The molecule has 0 radical (unpaired) electrons. The van der Waals surface area contributed by atoms with Gasteiger partial charge in [-0.2, -0.15) is 0 Å². The molecule has 8 heteroatoms. The lowest BCUT2D eigenvalue weighted by molar-refractivity contribution is -0.115. The SMILES string of the molecule is CC.CC(=O)CN.CC(C)c1cc(C(N)Nc2ccc(O)c(O)c2)c(O)cc1N. The lowest BCUT2D eigenvalue weighted by Crippen LogP contribution is -2.20. The first kappa shape index (κ1) is 26.0. The van der Waals surface area contributed by atoms with Crippen molar-refractivity contribution in [2.24, 2.45) is 11.5 Å². The molecule has 2 rings (SSSR count). The second kappa shape index (κ2) is 12.5. The van der Waals surface area contributed by atoms with Gasteiger partial charge in [0, 0.05) is 29.1 Å². The molecular formula is C21H34N4O4. The van der Waals surface area contributed by atoms with Gasteiger partial charge in [-0.1, -0.05) is 27.7 Å². The first-order valence-corrected chi connectivity index (χ1v) is 9.42. The second-order valence-electron chi connectivity index (χ2n) is 6.43. The van der Waals surface area contributed by atoms with E-state index in [4.69, 9.17) is 17.2 Å². The molecule has 1 atom stereocenters. The summed E-state index contributed by atoms with van der Waals surface area (Å²) in [5.41, 5.74) is 19.2. The zero-order valence-corrected chi connectivity index (χ0v) is 17.7. The van der Waals surface area contributed by atoms with Crippen LogP contribution in [0.2, 0.25) is 0 Å². The molecule has 1 unspecified atom stereocenters. The maximum atomic E-state index is 10.1. The predicted molar refractivity (Wildman–Crippen MR) is 118 cm³/mol. The van der Waals surface area contributed by atoms with Crippen molar-refractivity contribution in [1.82, 2.24) is 0 Å². The van der Waals surface area contributed by atoms with Gasteiger partial charge in [-0.05, 0) is 36.6 Å². The van der Waals surface area contributed by atoms with Gasteiger partial charge in [0.2, 0.25) is 0 Å². The maximum absolute atomic E-state index is 10.1. The van der Waals surface area contributed by atoms with Crippen molar-refractivity contribution in [1.29, 1.82) is 0 Å². The molecule has 0 bridgehead atoms. The summed E-state index contributed by atoms with van der Waals surface area (Å²) >= 11 is 0. The van der Waals surface area contributed by atoms with E-state index < -0.39 is 6.17 Å². The van der Waals surface area contributed by atoms with Gasteiger partial charge in [0.05, 0.1) is 6.54 Å². The van der Waals surface area contributed by atoms with E-state index in [-0.39, 0.29) is 35.5 Å². The van der Waals surface area contributed by atoms with E-state index in [1.807, 2.05) is 27.7 Å². The number of hydrogen-bond donors (Lipinski definition) is 7. The molecule has 0 aliphatic rings. The predicted octanol–water partition coefficient (Wildman–Crippen LogP) is 3.14. The molecule has 0 aliphatic carbocycles. The highest BCUT2D eigenvalue weighted by Gasteiger charge is 2.16. The van der Waals surface area contributed by atoms with Crippen LogP contribution in [0.25, 0.3) is 0 Å². The largest absolute Gasteiger partial charge is 0.507 e. The Labute approximate surface area is 172 Å². The van der Waals surface area contributed by atoms with Crippen molar-refractivity contribution in [2.45, 2.75) is 46.7 Å². The normalized spacial score (nSPS) is 10.9. The molecular weight excluding hydrogens is 372 g/mol. The average molecular weight is 407 g/mol. The van der Waals surface area contributed by atoms with Crippen molar-refractivity contribution in [2.75, 3.05) is 17.6 Å². The van der Waals surface area contributed by atoms with Gasteiger partial charge in [-0.15, -0.1) is 0 Å². The Balaban J connectivity index is 0.000000977. The summed E-state index contributed by atoms with van der Waals surface area (Å²) in [6, 6.07) is 7.54. The number of Topliss-reactive ketones (excluding diaryl/α,β-unsaturated/α-hetero) is 1. The molecule has 0 heterocycles. The number of rotatable bonds is 5. The summed E-state index contributed by atoms with van der Waals surface area (Å²) in [5, 5.41) is 31.8. The van der Waals surface area contributed by atoms with Crippen molar-refractivity contribution in [3.8, 4) is 17.2 Å². The van der Waals surface area contributed by atoms with Crippen LogP contribution in [0.4, 0.5) is 11.4 Å². The molecule has 29 heavy (non-hydrogen) atoms. The Hall–Kier alpha value is -2.97. The van der Waals surface area contributed by atoms with E-state index in [0.717, 1.165) is 5.56 Å². The Morgan fingerprint density at radius 2 is 1.55 bits per heavy atom. The van der Waals surface area contributed by atoms with Crippen LogP contribution < -0.4 is 22.5 Å². The molecule has 0 saturated carbocycles. The van der Waals surface area contributed by atoms with E-state index in [0.29, 0.717) is 16.9 Å². The number of phenols is 3. The fourth-order valence-electron chi connectivity index (χ4n) is 2.26. The fraction of sp³-hybridized carbons (Fsp3) is 0.381. The van der Waals surface area contributed by atoms with E-state index in [2.05, 4.69) is 5.32 Å². The van der Waals surface area contributed by atoms with Crippen LogP contribution in [0.5, 0.6) is 17.2 Å². The molecule has 0 saturated heterocycles.